The van der Waals surface area contributed by atoms with Crippen molar-refractivity contribution < 1.29 is 17.6 Å². The van der Waals surface area contributed by atoms with Crippen LogP contribution in [0.25, 0.3) is 0 Å². The number of carbonyl (C=O) groups is 1. The number of furan rings is 1. The van der Waals surface area contributed by atoms with Gasteiger partial charge in [0.15, 0.2) is 15.6 Å². The molecule has 2 aromatic carbocycles. The Morgan fingerprint density at radius 1 is 0.962 bits per heavy atom. The van der Waals surface area contributed by atoms with Crippen molar-refractivity contribution in [1.82, 2.24) is 0 Å². The Balaban J connectivity index is 2.25. The molecule has 5 heteroatoms. The topological polar surface area (TPSA) is 64.3 Å². The van der Waals surface area contributed by atoms with E-state index in [1.807, 2.05) is 6.07 Å². The first-order valence-electron chi connectivity index (χ1n) is 8.28. The van der Waals surface area contributed by atoms with Gasteiger partial charge in [-0.15, -0.1) is 0 Å². The van der Waals surface area contributed by atoms with Gasteiger partial charge in [0.1, 0.15) is 16.8 Å². The highest BCUT2D eigenvalue weighted by Gasteiger charge is 2.35. The quantitative estimate of drug-likeness (QED) is 0.614. The molecule has 0 amide bonds. The van der Waals surface area contributed by atoms with Crippen LogP contribution in [-0.2, 0) is 9.84 Å². The van der Waals surface area contributed by atoms with Gasteiger partial charge >= 0.3 is 0 Å². The molecule has 1 aromatic heterocycles. The van der Waals surface area contributed by atoms with Crippen molar-refractivity contribution in [2.24, 2.45) is 0 Å². The van der Waals surface area contributed by atoms with E-state index in [1.165, 1.54) is 6.92 Å². The number of sulfone groups is 1. The standard InChI is InChI=1S/C21H20O4S/c1-14-9-7-8-12-20(14)26(23,24)21(17-10-5-4-6-11-17)19-13-18(15(2)22)16(3)25-19/h4-13,21H,1-3H3. The predicted octanol–water partition coefficient (Wildman–Crippen LogP) is 4.66. The van der Waals surface area contributed by atoms with E-state index in [4.69, 9.17) is 4.42 Å². The fraction of sp³-hybridized carbons (Fsp3) is 0.190. The van der Waals surface area contributed by atoms with Gasteiger partial charge in [-0.2, -0.15) is 0 Å². The molecule has 0 aliphatic rings. The first kappa shape index (κ1) is 18.1. The second kappa shape index (κ2) is 6.92. The molecule has 0 saturated heterocycles. The van der Waals surface area contributed by atoms with Crippen LogP contribution in [0.1, 0.15) is 45.2 Å². The van der Waals surface area contributed by atoms with Gasteiger partial charge < -0.3 is 4.42 Å². The Labute approximate surface area is 153 Å². The van der Waals surface area contributed by atoms with E-state index in [9.17, 15) is 13.2 Å². The summed E-state index contributed by atoms with van der Waals surface area (Å²) >= 11 is 0. The van der Waals surface area contributed by atoms with Crippen molar-refractivity contribution in [2.75, 3.05) is 0 Å². The predicted molar refractivity (Wildman–Crippen MR) is 100 cm³/mol. The smallest absolute Gasteiger partial charge is 0.192 e. The van der Waals surface area contributed by atoms with Crippen LogP contribution >= 0.6 is 0 Å². The lowest BCUT2D eigenvalue weighted by atomic mass is 10.1. The highest BCUT2D eigenvalue weighted by atomic mass is 32.2. The maximum absolute atomic E-state index is 13.5. The van der Waals surface area contributed by atoms with Crippen LogP contribution in [0, 0.1) is 13.8 Å². The van der Waals surface area contributed by atoms with Crippen LogP contribution in [0.5, 0.6) is 0 Å². The minimum absolute atomic E-state index is 0.155. The number of aryl methyl sites for hydroxylation is 2. The Morgan fingerprint density at radius 2 is 1.58 bits per heavy atom. The number of benzene rings is 2. The van der Waals surface area contributed by atoms with Crippen molar-refractivity contribution in [3.05, 3.63) is 88.9 Å². The third-order valence-corrected chi connectivity index (χ3v) is 6.58. The molecule has 3 rings (SSSR count). The number of ketones is 1. The second-order valence-corrected chi connectivity index (χ2v) is 8.28. The SMILES string of the molecule is CC(=O)c1cc(C(c2ccccc2)S(=O)(=O)c2ccccc2C)oc1C. The van der Waals surface area contributed by atoms with Gasteiger partial charge in [0.2, 0.25) is 0 Å². The molecule has 1 unspecified atom stereocenters. The Bertz CT molecular complexity index is 1050. The third kappa shape index (κ3) is 3.22. The lowest BCUT2D eigenvalue weighted by molar-refractivity contribution is 0.101. The zero-order valence-corrected chi connectivity index (χ0v) is 15.7. The summed E-state index contributed by atoms with van der Waals surface area (Å²) in [5, 5.41) is -1.02. The van der Waals surface area contributed by atoms with Crippen molar-refractivity contribution in [1.29, 1.82) is 0 Å². The third-order valence-electron chi connectivity index (χ3n) is 4.39. The Morgan fingerprint density at radius 3 is 2.15 bits per heavy atom. The first-order valence-corrected chi connectivity index (χ1v) is 9.82. The van der Waals surface area contributed by atoms with Gasteiger partial charge in [-0.3, -0.25) is 4.79 Å². The molecule has 1 atom stereocenters. The fourth-order valence-electron chi connectivity index (χ4n) is 3.11. The van der Waals surface area contributed by atoms with Crippen molar-refractivity contribution in [3.8, 4) is 0 Å². The molecule has 0 aliphatic heterocycles. The van der Waals surface area contributed by atoms with Crippen molar-refractivity contribution >= 4 is 15.6 Å². The highest BCUT2D eigenvalue weighted by molar-refractivity contribution is 7.92. The zero-order chi connectivity index (χ0) is 18.9. The number of carbonyl (C=O) groups excluding carboxylic acids is 1. The normalized spacial score (nSPS) is 12.7. The summed E-state index contributed by atoms with van der Waals surface area (Å²) in [6, 6.07) is 17.3. The van der Waals surface area contributed by atoms with Gasteiger partial charge in [0.05, 0.1) is 10.5 Å². The van der Waals surface area contributed by atoms with Crippen LogP contribution in [-0.4, -0.2) is 14.2 Å². The van der Waals surface area contributed by atoms with Gasteiger partial charge in [-0.25, -0.2) is 8.42 Å². The van der Waals surface area contributed by atoms with E-state index in [0.717, 1.165) is 0 Å². The number of hydrogen-bond acceptors (Lipinski definition) is 4. The molecular formula is C21H20O4S. The Kier molecular flexibility index (Phi) is 4.83. The number of Topliss-reactive ketones (excluding diaryl/α,β-unsaturated/α-hetero) is 1. The molecule has 134 valence electrons. The van der Waals surface area contributed by atoms with Gasteiger partial charge in [-0.1, -0.05) is 48.5 Å². The molecule has 3 aromatic rings. The van der Waals surface area contributed by atoms with Crippen molar-refractivity contribution in [3.63, 3.8) is 0 Å². The second-order valence-electron chi connectivity index (χ2n) is 6.28. The molecule has 0 spiro atoms. The molecule has 1 heterocycles. The lowest BCUT2D eigenvalue weighted by Gasteiger charge is -2.17. The van der Waals surface area contributed by atoms with Crippen molar-refractivity contribution in [2.45, 2.75) is 30.9 Å². The average molecular weight is 368 g/mol. The number of rotatable bonds is 5. The molecular weight excluding hydrogens is 348 g/mol. The molecule has 0 bridgehead atoms. The lowest BCUT2D eigenvalue weighted by Crippen LogP contribution is -2.16. The largest absolute Gasteiger partial charge is 0.464 e. The van der Waals surface area contributed by atoms with E-state index in [2.05, 4.69) is 0 Å². The van der Waals surface area contributed by atoms with Gasteiger partial charge in [-0.05, 0) is 44.0 Å². The summed E-state index contributed by atoms with van der Waals surface area (Å²) in [6.07, 6.45) is 0. The first-order chi connectivity index (χ1) is 12.3. The summed E-state index contributed by atoms with van der Waals surface area (Å²) in [6.45, 7) is 4.88. The van der Waals surface area contributed by atoms with E-state index in [1.54, 1.807) is 68.4 Å². The van der Waals surface area contributed by atoms with E-state index in [-0.39, 0.29) is 16.4 Å². The van der Waals surface area contributed by atoms with Crippen LogP contribution < -0.4 is 0 Å². The molecule has 0 radical (unpaired) electrons. The summed E-state index contributed by atoms with van der Waals surface area (Å²) in [4.78, 5) is 12.1. The summed E-state index contributed by atoms with van der Waals surface area (Å²) in [5.41, 5.74) is 1.67. The minimum Gasteiger partial charge on any atom is -0.464 e. The van der Waals surface area contributed by atoms with E-state index in [0.29, 0.717) is 22.5 Å². The zero-order valence-electron chi connectivity index (χ0n) is 14.9. The van der Waals surface area contributed by atoms with Crippen LogP contribution in [0.3, 0.4) is 0 Å². The van der Waals surface area contributed by atoms with Crippen LogP contribution in [0.15, 0.2) is 70.0 Å². The molecule has 0 N–H and O–H groups in total. The van der Waals surface area contributed by atoms with Gasteiger partial charge in [0, 0.05) is 0 Å². The Hall–Kier alpha value is -2.66. The molecule has 0 saturated carbocycles. The van der Waals surface area contributed by atoms with Crippen LogP contribution in [0.4, 0.5) is 0 Å². The van der Waals surface area contributed by atoms with E-state index >= 15 is 0 Å². The molecule has 0 fully saturated rings. The summed E-state index contributed by atoms with van der Waals surface area (Å²) in [5.74, 6) is 0.521. The maximum atomic E-state index is 13.5. The summed E-state index contributed by atoms with van der Waals surface area (Å²) in [7, 11) is -3.77. The fourth-order valence-corrected chi connectivity index (χ4v) is 5.09. The average Bonchev–Trinajstić information content (AvgIpc) is 2.97. The molecule has 26 heavy (non-hydrogen) atoms. The monoisotopic (exact) mass is 368 g/mol. The van der Waals surface area contributed by atoms with Gasteiger partial charge in [0.25, 0.3) is 0 Å². The molecule has 4 nitrogen and oxygen atoms in total. The van der Waals surface area contributed by atoms with Crippen LogP contribution in [0.2, 0.25) is 0 Å². The van der Waals surface area contributed by atoms with E-state index < -0.39 is 15.1 Å². The summed E-state index contributed by atoms with van der Waals surface area (Å²) < 4.78 is 32.7. The minimum atomic E-state index is -3.77. The number of hydrogen-bond donors (Lipinski definition) is 0. The maximum Gasteiger partial charge on any atom is 0.192 e. The highest BCUT2D eigenvalue weighted by Crippen LogP contribution is 2.37. The molecule has 0 aliphatic carbocycles.